The Bertz CT molecular complexity index is 438. The van der Waals surface area contributed by atoms with Gasteiger partial charge in [-0.1, -0.05) is 38.3 Å². The SMILES string of the molecule is CCCCC1CCC(C(=O)Nc2ccccc2F)CC1. The fourth-order valence-electron chi connectivity index (χ4n) is 3.00. The third-order valence-electron chi connectivity index (χ3n) is 4.32. The predicted octanol–water partition coefficient (Wildman–Crippen LogP) is 4.76. The topological polar surface area (TPSA) is 29.1 Å². The van der Waals surface area contributed by atoms with Crippen LogP contribution in [0.25, 0.3) is 0 Å². The molecule has 1 saturated carbocycles. The zero-order valence-corrected chi connectivity index (χ0v) is 12.2. The van der Waals surface area contributed by atoms with E-state index in [1.807, 2.05) is 0 Å². The highest BCUT2D eigenvalue weighted by Crippen LogP contribution is 2.32. The first-order valence-corrected chi connectivity index (χ1v) is 7.76. The fraction of sp³-hybridized carbons (Fsp3) is 0.588. The van der Waals surface area contributed by atoms with Gasteiger partial charge >= 0.3 is 0 Å². The third kappa shape index (κ3) is 4.06. The first-order chi connectivity index (χ1) is 9.70. The van der Waals surface area contributed by atoms with Gasteiger partial charge in [0.15, 0.2) is 0 Å². The lowest BCUT2D eigenvalue weighted by molar-refractivity contribution is -0.121. The van der Waals surface area contributed by atoms with Crippen LogP contribution in [0.3, 0.4) is 0 Å². The van der Waals surface area contributed by atoms with Gasteiger partial charge in [-0.3, -0.25) is 4.79 Å². The number of nitrogens with one attached hydrogen (secondary N) is 1. The molecule has 20 heavy (non-hydrogen) atoms. The minimum atomic E-state index is -0.363. The highest BCUT2D eigenvalue weighted by atomic mass is 19.1. The molecule has 0 atom stereocenters. The number of anilines is 1. The van der Waals surface area contributed by atoms with Gasteiger partial charge in [-0.25, -0.2) is 4.39 Å². The number of halogens is 1. The Balaban J connectivity index is 1.82. The van der Waals surface area contributed by atoms with E-state index >= 15 is 0 Å². The van der Waals surface area contributed by atoms with Crippen LogP contribution in [0.5, 0.6) is 0 Å². The lowest BCUT2D eigenvalue weighted by atomic mass is 9.79. The van der Waals surface area contributed by atoms with E-state index in [0.717, 1.165) is 31.6 Å². The number of hydrogen-bond acceptors (Lipinski definition) is 1. The molecule has 0 aliphatic heterocycles. The van der Waals surface area contributed by atoms with Gasteiger partial charge in [-0.05, 0) is 43.7 Å². The molecule has 110 valence electrons. The standard InChI is InChI=1S/C17H24FNO/c1-2-3-6-13-9-11-14(12-10-13)17(20)19-16-8-5-4-7-15(16)18/h4-5,7-8,13-14H,2-3,6,9-12H2,1H3,(H,19,20). The summed E-state index contributed by atoms with van der Waals surface area (Å²) >= 11 is 0. The molecule has 1 amide bonds. The van der Waals surface area contributed by atoms with Gasteiger partial charge in [0.05, 0.1) is 5.69 Å². The van der Waals surface area contributed by atoms with Crippen molar-refractivity contribution in [3.8, 4) is 0 Å². The molecule has 1 N–H and O–H groups in total. The van der Waals surface area contributed by atoms with Crippen LogP contribution in [0, 0.1) is 17.7 Å². The van der Waals surface area contributed by atoms with Gasteiger partial charge in [-0.2, -0.15) is 0 Å². The molecule has 1 aliphatic carbocycles. The van der Waals surface area contributed by atoms with Gasteiger partial charge < -0.3 is 5.32 Å². The van der Waals surface area contributed by atoms with Crippen LogP contribution in [0.2, 0.25) is 0 Å². The van der Waals surface area contributed by atoms with Crippen molar-refractivity contribution >= 4 is 11.6 Å². The monoisotopic (exact) mass is 277 g/mol. The molecule has 1 aliphatic rings. The Morgan fingerprint density at radius 2 is 1.95 bits per heavy atom. The number of rotatable bonds is 5. The Morgan fingerprint density at radius 3 is 2.60 bits per heavy atom. The summed E-state index contributed by atoms with van der Waals surface area (Å²) in [4.78, 5) is 12.2. The number of unbranched alkanes of at least 4 members (excludes halogenated alkanes) is 1. The highest BCUT2D eigenvalue weighted by molar-refractivity contribution is 5.92. The maximum Gasteiger partial charge on any atom is 0.227 e. The maximum atomic E-state index is 13.5. The summed E-state index contributed by atoms with van der Waals surface area (Å²) in [7, 11) is 0. The van der Waals surface area contributed by atoms with E-state index in [2.05, 4.69) is 12.2 Å². The van der Waals surface area contributed by atoms with Crippen molar-refractivity contribution in [2.75, 3.05) is 5.32 Å². The first-order valence-electron chi connectivity index (χ1n) is 7.76. The number of hydrogen-bond donors (Lipinski definition) is 1. The molecule has 0 saturated heterocycles. The van der Waals surface area contributed by atoms with Gasteiger partial charge in [-0.15, -0.1) is 0 Å². The molecule has 0 bridgehead atoms. The van der Waals surface area contributed by atoms with Gasteiger partial charge in [0.25, 0.3) is 0 Å². The van der Waals surface area contributed by atoms with Crippen molar-refractivity contribution in [3.05, 3.63) is 30.1 Å². The quantitative estimate of drug-likeness (QED) is 0.826. The van der Waals surface area contributed by atoms with Gasteiger partial charge in [0.2, 0.25) is 5.91 Å². The molecule has 1 aromatic rings. The molecule has 0 unspecified atom stereocenters. The van der Waals surface area contributed by atoms with E-state index in [0.29, 0.717) is 5.69 Å². The van der Waals surface area contributed by atoms with E-state index in [9.17, 15) is 9.18 Å². The van der Waals surface area contributed by atoms with Crippen molar-refractivity contribution in [2.45, 2.75) is 51.9 Å². The summed E-state index contributed by atoms with van der Waals surface area (Å²) in [5, 5.41) is 2.72. The molecule has 2 nitrogen and oxygen atoms in total. The molecule has 1 fully saturated rings. The molecule has 1 aromatic carbocycles. The number of para-hydroxylation sites is 1. The summed E-state index contributed by atoms with van der Waals surface area (Å²) < 4.78 is 13.5. The van der Waals surface area contributed by atoms with Crippen LogP contribution in [0.1, 0.15) is 51.9 Å². The highest BCUT2D eigenvalue weighted by Gasteiger charge is 2.26. The number of amides is 1. The Kier molecular flexibility index (Phi) is 5.57. The largest absolute Gasteiger partial charge is 0.323 e. The van der Waals surface area contributed by atoms with Crippen molar-refractivity contribution in [1.82, 2.24) is 0 Å². The number of carbonyl (C=O) groups excluding carboxylic acids is 1. The summed E-state index contributed by atoms with van der Waals surface area (Å²) in [6.45, 7) is 2.22. The molecule has 0 radical (unpaired) electrons. The molecule has 3 heteroatoms. The van der Waals surface area contributed by atoms with E-state index in [1.54, 1.807) is 18.2 Å². The van der Waals surface area contributed by atoms with E-state index in [1.165, 1.54) is 25.3 Å². The number of carbonyl (C=O) groups is 1. The van der Waals surface area contributed by atoms with E-state index in [-0.39, 0.29) is 17.6 Å². The van der Waals surface area contributed by atoms with Gasteiger partial charge in [0.1, 0.15) is 5.82 Å². The second kappa shape index (κ2) is 7.41. The maximum absolute atomic E-state index is 13.5. The fourth-order valence-corrected chi connectivity index (χ4v) is 3.00. The lowest BCUT2D eigenvalue weighted by Gasteiger charge is -2.27. The minimum absolute atomic E-state index is 0.0240. The molecule has 0 spiro atoms. The summed E-state index contributed by atoms with van der Waals surface area (Å²) in [6.07, 6.45) is 7.97. The second-order valence-electron chi connectivity index (χ2n) is 5.83. The molecular weight excluding hydrogens is 253 g/mol. The molecule has 0 heterocycles. The Hall–Kier alpha value is -1.38. The van der Waals surface area contributed by atoms with Gasteiger partial charge in [0, 0.05) is 5.92 Å². The summed E-state index contributed by atoms with van der Waals surface area (Å²) in [6, 6.07) is 6.35. The second-order valence-corrected chi connectivity index (χ2v) is 5.83. The van der Waals surface area contributed by atoms with Crippen LogP contribution >= 0.6 is 0 Å². The third-order valence-corrected chi connectivity index (χ3v) is 4.32. The van der Waals surface area contributed by atoms with Crippen LogP contribution in [-0.2, 0) is 4.79 Å². The van der Waals surface area contributed by atoms with Crippen molar-refractivity contribution in [1.29, 1.82) is 0 Å². The summed E-state index contributed by atoms with van der Waals surface area (Å²) in [5.41, 5.74) is 0.297. The zero-order valence-electron chi connectivity index (χ0n) is 12.2. The average molecular weight is 277 g/mol. The molecule has 0 aromatic heterocycles. The van der Waals surface area contributed by atoms with E-state index in [4.69, 9.17) is 0 Å². The first kappa shape index (κ1) is 15.0. The average Bonchev–Trinajstić information content (AvgIpc) is 2.48. The lowest BCUT2D eigenvalue weighted by Crippen LogP contribution is -2.27. The Morgan fingerprint density at radius 1 is 1.25 bits per heavy atom. The number of benzene rings is 1. The van der Waals surface area contributed by atoms with E-state index < -0.39 is 0 Å². The van der Waals surface area contributed by atoms with Crippen LogP contribution in [-0.4, -0.2) is 5.91 Å². The minimum Gasteiger partial charge on any atom is -0.323 e. The van der Waals surface area contributed by atoms with Crippen LogP contribution < -0.4 is 5.32 Å². The molecular formula is C17H24FNO. The smallest absolute Gasteiger partial charge is 0.227 e. The summed E-state index contributed by atoms with van der Waals surface area (Å²) in [5.74, 6) is 0.446. The van der Waals surface area contributed by atoms with Crippen molar-refractivity contribution in [3.63, 3.8) is 0 Å². The van der Waals surface area contributed by atoms with Crippen molar-refractivity contribution < 1.29 is 9.18 Å². The molecule has 2 rings (SSSR count). The predicted molar refractivity (Wildman–Crippen MR) is 80.0 cm³/mol. The van der Waals surface area contributed by atoms with Crippen LogP contribution in [0.4, 0.5) is 10.1 Å². The van der Waals surface area contributed by atoms with Crippen molar-refractivity contribution in [2.24, 2.45) is 11.8 Å². The normalized spacial score (nSPS) is 22.5. The Labute approximate surface area is 120 Å². The van der Waals surface area contributed by atoms with Crippen LogP contribution in [0.15, 0.2) is 24.3 Å². The zero-order chi connectivity index (χ0) is 14.4.